The van der Waals surface area contributed by atoms with Crippen LogP contribution in [0.25, 0.3) is 0 Å². The van der Waals surface area contributed by atoms with Gasteiger partial charge in [0, 0.05) is 13.1 Å². The van der Waals surface area contributed by atoms with Crippen LogP contribution in [0.2, 0.25) is 5.28 Å². The van der Waals surface area contributed by atoms with Crippen LogP contribution >= 0.6 is 34.2 Å². The van der Waals surface area contributed by atoms with Crippen LogP contribution in [-0.4, -0.2) is 41.3 Å². The molecular weight excluding hydrogens is 407 g/mol. The molecule has 2 aromatic rings. The molecule has 0 radical (unpaired) electrons. The molecule has 2 heterocycles. The van der Waals surface area contributed by atoms with Crippen molar-refractivity contribution in [2.24, 2.45) is 0 Å². The minimum atomic E-state index is 0.118. The summed E-state index contributed by atoms with van der Waals surface area (Å²) >= 11 is 8.16. The van der Waals surface area contributed by atoms with E-state index < -0.39 is 0 Å². The first-order valence-corrected chi connectivity index (χ1v) is 7.85. The highest BCUT2D eigenvalue weighted by atomic mass is 127. The maximum atomic E-state index is 5.97. The molecule has 1 aromatic carbocycles. The Kier molecular flexibility index (Phi) is 4.71. The third-order valence-corrected chi connectivity index (χ3v) is 3.97. The molecule has 0 saturated carbocycles. The number of aromatic nitrogens is 3. The molecule has 6 nitrogen and oxygen atoms in total. The Labute approximate surface area is 140 Å². The molecule has 1 aliphatic heterocycles. The van der Waals surface area contributed by atoms with Crippen molar-refractivity contribution in [3.63, 3.8) is 0 Å². The predicted octanol–water partition coefficient (Wildman–Crippen LogP) is 2.76. The largest absolute Gasteiger partial charge is 0.423 e. The van der Waals surface area contributed by atoms with Gasteiger partial charge in [0.05, 0.1) is 16.8 Å². The smallest absolute Gasteiger partial charge is 0.328 e. The van der Waals surface area contributed by atoms with Gasteiger partial charge in [-0.1, -0.05) is 12.1 Å². The number of benzene rings is 1. The Morgan fingerprint density at radius 2 is 1.90 bits per heavy atom. The fourth-order valence-corrected chi connectivity index (χ4v) is 2.54. The van der Waals surface area contributed by atoms with Crippen LogP contribution in [0.1, 0.15) is 0 Å². The lowest BCUT2D eigenvalue weighted by atomic mass is 10.3. The second-order valence-electron chi connectivity index (χ2n) is 4.32. The van der Waals surface area contributed by atoms with Crippen molar-refractivity contribution < 1.29 is 9.47 Å². The standard InChI is InChI=1S/C13H12ClIN4O2/c14-11-16-12(19-5-7-20-8-6-19)18-13(17-11)21-10-4-2-1-3-9(10)15/h1-4H,5-8H2. The SMILES string of the molecule is Clc1nc(Oc2ccccc2I)nc(N2CCOCC2)n1. The summed E-state index contributed by atoms with van der Waals surface area (Å²) in [4.78, 5) is 14.5. The molecule has 21 heavy (non-hydrogen) atoms. The summed E-state index contributed by atoms with van der Waals surface area (Å²) in [5.74, 6) is 1.20. The predicted molar refractivity (Wildman–Crippen MR) is 87.1 cm³/mol. The number of anilines is 1. The lowest BCUT2D eigenvalue weighted by molar-refractivity contribution is 0.122. The minimum Gasteiger partial charge on any atom is -0.423 e. The van der Waals surface area contributed by atoms with Crippen molar-refractivity contribution in [2.45, 2.75) is 0 Å². The summed E-state index contributed by atoms with van der Waals surface area (Å²) in [6.45, 7) is 2.75. The number of hydrogen-bond donors (Lipinski definition) is 0. The molecule has 1 saturated heterocycles. The van der Waals surface area contributed by atoms with E-state index in [9.17, 15) is 0 Å². The van der Waals surface area contributed by atoms with Crippen LogP contribution in [-0.2, 0) is 4.74 Å². The number of ether oxygens (including phenoxy) is 2. The highest BCUT2D eigenvalue weighted by molar-refractivity contribution is 14.1. The molecule has 8 heteroatoms. The number of halogens is 2. The van der Waals surface area contributed by atoms with Gasteiger partial charge in [-0.05, 0) is 46.3 Å². The van der Waals surface area contributed by atoms with Gasteiger partial charge in [0.2, 0.25) is 11.2 Å². The van der Waals surface area contributed by atoms with Gasteiger partial charge in [-0.25, -0.2) is 0 Å². The summed E-state index contributed by atoms with van der Waals surface area (Å²) in [5, 5.41) is 0.118. The first-order chi connectivity index (χ1) is 10.2. The number of morpholine rings is 1. The fraction of sp³-hybridized carbons (Fsp3) is 0.308. The van der Waals surface area contributed by atoms with Crippen molar-refractivity contribution in [1.82, 2.24) is 15.0 Å². The van der Waals surface area contributed by atoms with E-state index in [-0.39, 0.29) is 11.3 Å². The van der Waals surface area contributed by atoms with E-state index in [1.54, 1.807) is 0 Å². The second kappa shape index (κ2) is 6.71. The Balaban J connectivity index is 1.85. The van der Waals surface area contributed by atoms with E-state index in [4.69, 9.17) is 21.1 Å². The van der Waals surface area contributed by atoms with E-state index in [1.165, 1.54) is 0 Å². The monoisotopic (exact) mass is 418 g/mol. The minimum absolute atomic E-state index is 0.118. The zero-order chi connectivity index (χ0) is 14.7. The maximum absolute atomic E-state index is 5.97. The first-order valence-electron chi connectivity index (χ1n) is 6.39. The Morgan fingerprint density at radius 1 is 1.14 bits per heavy atom. The Hall–Kier alpha value is -1.19. The average molecular weight is 419 g/mol. The molecule has 0 bridgehead atoms. The third kappa shape index (κ3) is 3.72. The molecule has 0 atom stereocenters. The van der Waals surface area contributed by atoms with Crippen molar-refractivity contribution >= 4 is 40.1 Å². The molecule has 0 aliphatic carbocycles. The maximum Gasteiger partial charge on any atom is 0.328 e. The molecule has 3 rings (SSSR count). The Morgan fingerprint density at radius 3 is 2.67 bits per heavy atom. The van der Waals surface area contributed by atoms with Crippen LogP contribution < -0.4 is 9.64 Å². The van der Waals surface area contributed by atoms with E-state index in [0.717, 1.165) is 16.7 Å². The molecular formula is C13H12ClIN4O2. The quantitative estimate of drug-likeness (QED) is 0.715. The first kappa shape index (κ1) is 14.7. The van der Waals surface area contributed by atoms with Crippen LogP contribution in [0, 0.1) is 3.57 Å². The average Bonchev–Trinajstić information content (AvgIpc) is 2.50. The van der Waals surface area contributed by atoms with Gasteiger partial charge in [-0.2, -0.15) is 15.0 Å². The zero-order valence-electron chi connectivity index (χ0n) is 11.0. The van der Waals surface area contributed by atoms with E-state index >= 15 is 0 Å². The zero-order valence-corrected chi connectivity index (χ0v) is 13.9. The van der Waals surface area contributed by atoms with Gasteiger partial charge < -0.3 is 14.4 Å². The molecule has 0 spiro atoms. The van der Waals surface area contributed by atoms with Gasteiger partial charge in [0.1, 0.15) is 5.75 Å². The third-order valence-electron chi connectivity index (χ3n) is 2.91. The van der Waals surface area contributed by atoms with Crippen LogP contribution in [0.3, 0.4) is 0 Å². The van der Waals surface area contributed by atoms with Crippen molar-refractivity contribution in [3.8, 4) is 11.8 Å². The van der Waals surface area contributed by atoms with Gasteiger partial charge in [0.25, 0.3) is 0 Å². The van der Waals surface area contributed by atoms with Gasteiger partial charge in [0.15, 0.2) is 0 Å². The molecule has 1 aromatic heterocycles. The molecule has 0 unspecified atom stereocenters. The lowest BCUT2D eigenvalue weighted by Crippen LogP contribution is -2.37. The van der Waals surface area contributed by atoms with Crippen molar-refractivity contribution in [2.75, 3.05) is 31.2 Å². The topological polar surface area (TPSA) is 60.4 Å². The van der Waals surface area contributed by atoms with E-state index in [2.05, 4.69) is 37.5 Å². The second-order valence-corrected chi connectivity index (χ2v) is 5.82. The number of para-hydroxylation sites is 1. The van der Waals surface area contributed by atoms with E-state index in [0.29, 0.717) is 24.9 Å². The van der Waals surface area contributed by atoms with Gasteiger partial charge in [-0.15, -0.1) is 0 Å². The molecule has 0 N–H and O–H groups in total. The molecule has 0 amide bonds. The fourth-order valence-electron chi connectivity index (χ4n) is 1.90. The summed E-state index contributed by atoms with van der Waals surface area (Å²) in [6.07, 6.45) is 0. The number of nitrogens with zero attached hydrogens (tertiary/aromatic N) is 4. The number of hydrogen-bond acceptors (Lipinski definition) is 6. The summed E-state index contributed by atoms with van der Waals surface area (Å²) in [7, 11) is 0. The van der Waals surface area contributed by atoms with Crippen LogP contribution in [0.15, 0.2) is 24.3 Å². The van der Waals surface area contributed by atoms with Crippen molar-refractivity contribution in [3.05, 3.63) is 33.1 Å². The van der Waals surface area contributed by atoms with Crippen LogP contribution in [0.4, 0.5) is 5.95 Å². The van der Waals surface area contributed by atoms with E-state index in [1.807, 2.05) is 29.2 Å². The molecule has 1 aliphatic rings. The van der Waals surface area contributed by atoms with Crippen molar-refractivity contribution in [1.29, 1.82) is 0 Å². The number of rotatable bonds is 3. The normalized spacial score (nSPS) is 15.0. The van der Waals surface area contributed by atoms with Gasteiger partial charge >= 0.3 is 6.01 Å². The molecule has 110 valence electrons. The Bertz CT molecular complexity index is 637. The summed E-state index contributed by atoms with van der Waals surface area (Å²) in [5.41, 5.74) is 0. The van der Waals surface area contributed by atoms with Gasteiger partial charge in [-0.3, -0.25) is 0 Å². The highest BCUT2D eigenvalue weighted by Crippen LogP contribution is 2.25. The van der Waals surface area contributed by atoms with Crippen LogP contribution in [0.5, 0.6) is 11.8 Å². The lowest BCUT2D eigenvalue weighted by Gasteiger charge is -2.26. The molecule has 1 fully saturated rings. The summed E-state index contributed by atoms with van der Waals surface area (Å²) in [6, 6.07) is 7.83. The summed E-state index contributed by atoms with van der Waals surface area (Å²) < 4.78 is 12.0. The highest BCUT2D eigenvalue weighted by Gasteiger charge is 2.17.